The minimum atomic E-state index is -1.01. The van der Waals surface area contributed by atoms with Gasteiger partial charge in [0.15, 0.2) is 0 Å². The summed E-state index contributed by atoms with van der Waals surface area (Å²) in [6, 6.07) is 6.84. The van der Waals surface area contributed by atoms with E-state index < -0.39 is 5.97 Å². The van der Waals surface area contributed by atoms with Crippen molar-refractivity contribution in [1.29, 1.82) is 0 Å². The maximum Gasteiger partial charge on any atom is 0.338 e. The Bertz CT molecular complexity index is 745. The largest absolute Gasteiger partial charge is 0.478 e. The fraction of sp³-hybridized carbons (Fsp3) is 0.333. The van der Waals surface area contributed by atoms with Gasteiger partial charge in [0.05, 0.1) is 11.3 Å². The highest BCUT2D eigenvalue weighted by Gasteiger charge is 2.23. The quantitative estimate of drug-likeness (QED) is 0.892. The number of carbonyl (C=O) groups is 1. The monoisotopic (exact) mass is 272 g/mol. The Kier molecular flexibility index (Phi) is 2.97. The standard InChI is InChI=1S/C15H16N2O3/c1-9-13(15(19)20)11-4-2-3-5-12(11)14(18)17(9)16-8-10-6-7-10/h2-5,10,16H,6-8H2,1H3,(H,19,20). The summed E-state index contributed by atoms with van der Waals surface area (Å²) in [6.45, 7) is 2.37. The van der Waals surface area contributed by atoms with Gasteiger partial charge in [0.25, 0.3) is 5.56 Å². The third kappa shape index (κ3) is 2.05. The zero-order chi connectivity index (χ0) is 14.3. The Morgan fingerprint density at radius 3 is 2.60 bits per heavy atom. The number of hydrogen-bond donors (Lipinski definition) is 2. The van der Waals surface area contributed by atoms with Gasteiger partial charge in [-0.3, -0.25) is 4.79 Å². The Labute approximate surface area is 115 Å². The van der Waals surface area contributed by atoms with E-state index in [9.17, 15) is 14.7 Å². The lowest BCUT2D eigenvalue weighted by Gasteiger charge is -2.16. The molecule has 5 heteroatoms. The average molecular weight is 272 g/mol. The van der Waals surface area contributed by atoms with Crippen molar-refractivity contribution in [1.82, 2.24) is 4.68 Å². The van der Waals surface area contributed by atoms with Crippen LogP contribution in [0.4, 0.5) is 0 Å². The smallest absolute Gasteiger partial charge is 0.338 e. The van der Waals surface area contributed by atoms with Crippen LogP contribution in [-0.2, 0) is 0 Å². The molecule has 0 atom stereocenters. The normalized spacial score (nSPS) is 14.4. The molecule has 2 N–H and O–H groups in total. The first-order valence-electron chi connectivity index (χ1n) is 6.71. The van der Waals surface area contributed by atoms with Gasteiger partial charge < -0.3 is 10.5 Å². The second-order valence-corrected chi connectivity index (χ2v) is 5.26. The van der Waals surface area contributed by atoms with E-state index in [1.54, 1.807) is 31.2 Å². The number of hydrogen-bond acceptors (Lipinski definition) is 3. The van der Waals surface area contributed by atoms with E-state index >= 15 is 0 Å². The third-order valence-corrected chi connectivity index (χ3v) is 3.78. The molecule has 5 nitrogen and oxygen atoms in total. The van der Waals surface area contributed by atoms with Crippen LogP contribution in [0.25, 0.3) is 10.8 Å². The first kappa shape index (κ1) is 12.7. The van der Waals surface area contributed by atoms with Gasteiger partial charge in [0.1, 0.15) is 0 Å². The molecule has 1 aromatic carbocycles. The van der Waals surface area contributed by atoms with E-state index in [1.807, 2.05) is 0 Å². The summed E-state index contributed by atoms with van der Waals surface area (Å²) in [6.07, 6.45) is 2.33. The van der Waals surface area contributed by atoms with E-state index in [1.165, 1.54) is 17.5 Å². The lowest BCUT2D eigenvalue weighted by Crippen LogP contribution is -2.33. The molecule has 1 aliphatic rings. The molecule has 0 spiro atoms. The summed E-state index contributed by atoms with van der Waals surface area (Å²) >= 11 is 0. The summed E-state index contributed by atoms with van der Waals surface area (Å²) in [7, 11) is 0. The zero-order valence-electron chi connectivity index (χ0n) is 11.2. The van der Waals surface area contributed by atoms with E-state index in [0.717, 1.165) is 0 Å². The molecule has 0 saturated heterocycles. The first-order chi connectivity index (χ1) is 9.59. The Morgan fingerprint density at radius 2 is 2.00 bits per heavy atom. The number of nitrogens with zero attached hydrogens (tertiary/aromatic N) is 1. The van der Waals surface area contributed by atoms with E-state index in [0.29, 0.717) is 28.9 Å². The van der Waals surface area contributed by atoms with E-state index in [-0.39, 0.29) is 11.1 Å². The lowest BCUT2D eigenvalue weighted by molar-refractivity contribution is 0.0697. The Morgan fingerprint density at radius 1 is 1.35 bits per heavy atom. The number of nitrogens with one attached hydrogen (secondary N) is 1. The topological polar surface area (TPSA) is 71.3 Å². The van der Waals surface area contributed by atoms with Crippen molar-refractivity contribution in [3.05, 3.63) is 45.9 Å². The Balaban J connectivity index is 2.22. The van der Waals surface area contributed by atoms with Crippen LogP contribution in [0.2, 0.25) is 0 Å². The number of benzene rings is 1. The second kappa shape index (κ2) is 4.67. The average Bonchev–Trinajstić information content (AvgIpc) is 3.22. The van der Waals surface area contributed by atoms with Crippen molar-refractivity contribution in [2.45, 2.75) is 19.8 Å². The highest BCUT2D eigenvalue weighted by molar-refractivity contribution is 6.04. The van der Waals surface area contributed by atoms with Gasteiger partial charge >= 0.3 is 5.97 Å². The van der Waals surface area contributed by atoms with Crippen LogP contribution in [0.5, 0.6) is 0 Å². The van der Waals surface area contributed by atoms with Gasteiger partial charge in [-0.1, -0.05) is 18.2 Å². The van der Waals surface area contributed by atoms with Gasteiger partial charge in [-0.05, 0) is 31.7 Å². The number of carboxylic acid groups (broad SMARTS) is 1. The summed E-state index contributed by atoms with van der Waals surface area (Å²) in [5, 5.41) is 10.3. The van der Waals surface area contributed by atoms with Crippen LogP contribution >= 0.6 is 0 Å². The van der Waals surface area contributed by atoms with E-state index in [4.69, 9.17) is 0 Å². The number of rotatable bonds is 4. The SMILES string of the molecule is Cc1c(C(=O)O)c2ccccc2c(=O)n1NCC1CC1. The zero-order valence-corrected chi connectivity index (χ0v) is 11.2. The number of fused-ring (bicyclic) bond motifs is 1. The molecule has 1 aliphatic carbocycles. The van der Waals surface area contributed by atoms with Crippen LogP contribution < -0.4 is 11.0 Å². The molecule has 3 rings (SSSR count). The molecule has 0 amide bonds. The van der Waals surface area contributed by atoms with Gasteiger partial charge in [0.2, 0.25) is 0 Å². The van der Waals surface area contributed by atoms with Crippen molar-refractivity contribution < 1.29 is 9.90 Å². The predicted octanol–water partition coefficient (Wildman–Crippen LogP) is 1.96. The van der Waals surface area contributed by atoms with Crippen molar-refractivity contribution >= 4 is 16.7 Å². The van der Waals surface area contributed by atoms with E-state index in [2.05, 4.69) is 5.43 Å². The van der Waals surface area contributed by atoms with Crippen LogP contribution in [0, 0.1) is 12.8 Å². The summed E-state index contributed by atoms with van der Waals surface area (Å²) in [4.78, 5) is 24.0. The molecule has 1 heterocycles. The third-order valence-electron chi connectivity index (χ3n) is 3.78. The molecule has 1 aromatic heterocycles. The van der Waals surface area contributed by atoms with Gasteiger partial charge in [-0.15, -0.1) is 0 Å². The van der Waals surface area contributed by atoms with Gasteiger partial charge in [-0.2, -0.15) is 0 Å². The van der Waals surface area contributed by atoms with Crippen LogP contribution in [0.15, 0.2) is 29.1 Å². The molecule has 0 radical (unpaired) electrons. The second-order valence-electron chi connectivity index (χ2n) is 5.26. The maximum atomic E-state index is 12.5. The molecule has 104 valence electrons. The number of carboxylic acids is 1. The summed E-state index contributed by atoms with van der Waals surface area (Å²) < 4.78 is 1.38. The number of pyridine rings is 1. The molecule has 0 bridgehead atoms. The highest BCUT2D eigenvalue weighted by atomic mass is 16.4. The molecular formula is C15H16N2O3. The van der Waals surface area contributed by atoms with Crippen LogP contribution in [0.1, 0.15) is 28.9 Å². The molecule has 0 aliphatic heterocycles. The summed E-state index contributed by atoms with van der Waals surface area (Å²) in [5.74, 6) is -0.415. The van der Waals surface area contributed by atoms with Crippen LogP contribution in [0.3, 0.4) is 0 Å². The van der Waals surface area contributed by atoms with Gasteiger partial charge in [0, 0.05) is 17.3 Å². The molecule has 20 heavy (non-hydrogen) atoms. The van der Waals surface area contributed by atoms with Crippen molar-refractivity contribution in [3.63, 3.8) is 0 Å². The fourth-order valence-corrected chi connectivity index (χ4v) is 2.47. The molecule has 2 aromatic rings. The molecule has 1 saturated carbocycles. The minimum Gasteiger partial charge on any atom is -0.478 e. The first-order valence-corrected chi connectivity index (χ1v) is 6.71. The number of aromatic nitrogens is 1. The van der Waals surface area contributed by atoms with Crippen LogP contribution in [-0.4, -0.2) is 22.3 Å². The van der Waals surface area contributed by atoms with Gasteiger partial charge in [-0.25, -0.2) is 9.47 Å². The Hall–Kier alpha value is -2.30. The van der Waals surface area contributed by atoms with Crippen molar-refractivity contribution in [3.8, 4) is 0 Å². The molecule has 0 unspecified atom stereocenters. The molecular weight excluding hydrogens is 256 g/mol. The lowest BCUT2D eigenvalue weighted by atomic mass is 10.0. The summed E-state index contributed by atoms with van der Waals surface area (Å²) in [5.41, 5.74) is 3.51. The molecule has 1 fully saturated rings. The number of aromatic carboxylic acids is 1. The fourth-order valence-electron chi connectivity index (χ4n) is 2.47. The predicted molar refractivity (Wildman–Crippen MR) is 76.9 cm³/mol. The van der Waals surface area contributed by atoms with Crippen molar-refractivity contribution in [2.24, 2.45) is 5.92 Å². The minimum absolute atomic E-state index is 0.184. The highest BCUT2D eigenvalue weighted by Crippen LogP contribution is 2.28. The van der Waals surface area contributed by atoms with Crippen molar-refractivity contribution in [2.75, 3.05) is 12.0 Å². The maximum absolute atomic E-state index is 12.5.